The highest BCUT2D eigenvalue weighted by molar-refractivity contribution is 7.80. The van der Waals surface area contributed by atoms with Gasteiger partial charge < -0.3 is 15.0 Å². The molecule has 1 N–H and O–H groups in total. The van der Waals surface area contributed by atoms with E-state index in [1.807, 2.05) is 43.0 Å². The van der Waals surface area contributed by atoms with Gasteiger partial charge in [0.25, 0.3) is 5.91 Å². The van der Waals surface area contributed by atoms with Crippen LogP contribution >= 0.6 is 12.2 Å². The van der Waals surface area contributed by atoms with E-state index in [-0.39, 0.29) is 11.7 Å². The number of nitrogens with zero attached hydrogens (tertiary/aromatic N) is 2. The van der Waals surface area contributed by atoms with Crippen molar-refractivity contribution in [2.45, 2.75) is 19.9 Å². The van der Waals surface area contributed by atoms with Gasteiger partial charge in [0.2, 0.25) is 0 Å². The third kappa shape index (κ3) is 4.24. The first-order valence-corrected chi connectivity index (χ1v) is 9.75. The van der Waals surface area contributed by atoms with Crippen LogP contribution < -0.4 is 15.0 Å². The quantitative estimate of drug-likeness (QED) is 0.750. The normalized spacial score (nSPS) is 16.5. The molecule has 7 heteroatoms. The summed E-state index contributed by atoms with van der Waals surface area (Å²) >= 11 is 5.62. The van der Waals surface area contributed by atoms with Crippen molar-refractivity contribution in [2.24, 2.45) is 0 Å². The molecule has 1 aliphatic rings. The first-order chi connectivity index (χ1) is 13.8. The zero-order valence-corrected chi connectivity index (χ0v) is 17.7. The molecule has 0 fully saturated rings. The number of hydrogen-bond donors (Lipinski definition) is 1. The summed E-state index contributed by atoms with van der Waals surface area (Å²) in [6.45, 7) is 4.36. The Labute approximate surface area is 175 Å². The summed E-state index contributed by atoms with van der Waals surface area (Å²) in [5.74, 6) is 0.233. The van der Waals surface area contributed by atoms with E-state index in [0.717, 1.165) is 11.4 Å². The van der Waals surface area contributed by atoms with Gasteiger partial charge in [-0.15, -0.1) is 0 Å². The number of carbonyl (C=O) groups excluding carboxylic acids is 1. The second kappa shape index (κ2) is 8.61. The predicted octanol–water partition coefficient (Wildman–Crippen LogP) is 4.02. The summed E-state index contributed by atoms with van der Waals surface area (Å²) in [6, 6.07) is 13.2. The number of hydrogen-bond acceptors (Lipinski definition) is 3. The third-order valence-electron chi connectivity index (χ3n) is 4.71. The van der Waals surface area contributed by atoms with E-state index in [2.05, 4.69) is 5.32 Å². The Balaban J connectivity index is 2.10. The maximum absolute atomic E-state index is 13.9. The van der Waals surface area contributed by atoms with Crippen LogP contribution in [0.3, 0.4) is 0 Å². The first kappa shape index (κ1) is 20.8. The molecule has 1 amide bonds. The van der Waals surface area contributed by atoms with Crippen LogP contribution in [0.5, 0.6) is 5.75 Å². The van der Waals surface area contributed by atoms with Gasteiger partial charge in [0.15, 0.2) is 5.11 Å². The molecule has 5 nitrogen and oxygen atoms in total. The van der Waals surface area contributed by atoms with E-state index in [1.54, 1.807) is 26.2 Å². The van der Waals surface area contributed by atoms with Crippen molar-refractivity contribution < 1.29 is 13.9 Å². The van der Waals surface area contributed by atoms with Crippen molar-refractivity contribution in [2.75, 3.05) is 25.6 Å². The van der Waals surface area contributed by atoms with Gasteiger partial charge in [0.05, 0.1) is 18.2 Å². The second-order valence-corrected chi connectivity index (χ2v) is 7.29. The molecule has 3 rings (SSSR count). The molecule has 29 heavy (non-hydrogen) atoms. The zero-order chi connectivity index (χ0) is 21.1. The highest BCUT2D eigenvalue weighted by atomic mass is 32.1. The molecule has 0 aliphatic carbocycles. The number of allylic oxidation sites excluding steroid dienone is 1. The van der Waals surface area contributed by atoms with Crippen LogP contribution in [-0.2, 0) is 4.79 Å². The number of carbonyl (C=O) groups is 1. The summed E-state index contributed by atoms with van der Waals surface area (Å²) in [7, 11) is 3.39. The average molecular weight is 414 g/mol. The minimum absolute atomic E-state index is 0.164. The Morgan fingerprint density at radius 1 is 1.24 bits per heavy atom. The standard InChI is InChI=1S/C22H24FN3O2S/c1-5-28-18-11-9-17(10-12-18)26-14(2)19(21(27)25(3)4)20(24-22(26)29)15-7-6-8-16(23)13-15/h6-13,20H,5H2,1-4H3,(H,24,29)/t20-/m1/s1. The fourth-order valence-corrected chi connectivity index (χ4v) is 3.73. The Bertz CT molecular complexity index is 957. The van der Waals surface area contributed by atoms with Gasteiger partial charge in [0.1, 0.15) is 11.6 Å². The molecular formula is C22H24FN3O2S. The van der Waals surface area contributed by atoms with Gasteiger partial charge in [-0.2, -0.15) is 0 Å². The van der Waals surface area contributed by atoms with Crippen LogP contribution in [-0.4, -0.2) is 36.6 Å². The SMILES string of the molecule is CCOc1ccc(N2C(=S)N[C@H](c3cccc(F)c3)C(C(=O)N(C)C)=C2C)cc1. The maximum Gasteiger partial charge on any atom is 0.253 e. The summed E-state index contributed by atoms with van der Waals surface area (Å²) in [5.41, 5.74) is 2.67. The lowest BCUT2D eigenvalue weighted by molar-refractivity contribution is -0.125. The zero-order valence-electron chi connectivity index (χ0n) is 16.9. The summed E-state index contributed by atoms with van der Waals surface area (Å²) in [6.07, 6.45) is 0. The smallest absolute Gasteiger partial charge is 0.253 e. The first-order valence-electron chi connectivity index (χ1n) is 9.34. The van der Waals surface area contributed by atoms with Gasteiger partial charge >= 0.3 is 0 Å². The molecule has 1 aliphatic heterocycles. The Kier molecular flexibility index (Phi) is 6.17. The number of thiocarbonyl (C=S) groups is 1. The number of likely N-dealkylation sites (N-methyl/N-ethyl adjacent to an activating group) is 1. The number of halogens is 1. The fraction of sp³-hybridized carbons (Fsp3) is 0.273. The molecule has 2 aromatic rings. The summed E-state index contributed by atoms with van der Waals surface area (Å²) in [5, 5.41) is 3.66. The molecule has 1 heterocycles. The van der Waals surface area contributed by atoms with Gasteiger partial charge in [-0.05, 0) is 68.0 Å². The van der Waals surface area contributed by atoms with E-state index in [0.29, 0.717) is 28.6 Å². The molecule has 0 saturated heterocycles. The number of nitrogens with one attached hydrogen (secondary N) is 1. The molecule has 0 unspecified atom stereocenters. The van der Waals surface area contributed by atoms with Crippen molar-refractivity contribution in [3.05, 3.63) is 71.2 Å². The molecule has 2 aromatic carbocycles. The van der Waals surface area contributed by atoms with E-state index >= 15 is 0 Å². The van der Waals surface area contributed by atoms with E-state index in [4.69, 9.17) is 17.0 Å². The lowest BCUT2D eigenvalue weighted by Gasteiger charge is -2.38. The van der Waals surface area contributed by atoms with Crippen molar-refractivity contribution >= 4 is 28.9 Å². The predicted molar refractivity (Wildman–Crippen MR) is 116 cm³/mol. The largest absolute Gasteiger partial charge is 0.494 e. The van der Waals surface area contributed by atoms with E-state index < -0.39 is 6.04 Å². The van der Waals surface area contributed by atoms with Crippen LogP contribution in [0.2, 0.25) is 0 Å². The molecule has 0 aromatic heterocycles. The molecule has 0 saturated carbocycles. The van der Waals surface area contributed by atoms with Crippen molar-refractivity contribution in [1.82, 2.24) is 10.2 Å². The summed E-state index contributed by atoms with van der Waals surface area (Å²) < 4.78 is 19.4. The van der Waals surface area contributed by atoms with E-state index in [1.165, 1.54) is 17.0 Å². The molecule has 0 spiro atoms. The van der Waals surface area contributed by atoms with Gasteiger partial charge in [-0.1, -0.05) is 12.1 Å². The minimum Gasteiger partial charge on any atom is -0.494 e. The average Bonchev–Trinajstić information content (AvgIpc) is 2.68. The van der Waals surface area contributed by atoms with Crippen LogP contribution in [0, 0.1) is 5.82 Å². The van der Waals surface area contributed by atoms with Gasteiger partial charge in [-0.25, -0.2) is 4.39 Å². The highest BCUT2D eigenvalue weighted by Gasteiger charge is 2.35. The second-order valence-electron chi connectivity index (χ2n) is 6.90. The Hall–Kier alpha value is -2.93. The molecule has 1 atom stereocenters. The monoisotopic (exact) mass is 413 g/mol. The number of rotatable bonds is 5. The van der Waals surface area contributed by atoms with Crippen molar-refractivity contribution in [3.63, 3.8) is 0 Å². The Morgan fingerprint density at radius 2 is 1.93 bits per heavy atom. The number of ether oxygens (including phenoxy) is 1. The molecule has 0 bridgehead atoms. The molecular weight excluding hydrogens is 389 g/mol. The van der Waals surface area contributed by atoms with Crippen molar-refractivity contribution in [3.8, 4) is 5.75 Å². The number of anilines is 1. The third-order valence-corrected chi connectivity index (χ3v) is 5.01. The van der Waals surface area contributed by atoms with Crippen molar-refractivity contribution in [1.29, 1.82) is 0 Å². The Morgan fingerprint density at radius 3 is 2.52 bits per heavy atom. The fourth-order valence-electron chi connectivity index (χ4n) is 3.37. The molecule has 152 valence electrons. The van der Waals surface area contributed by atoms with Gasteiger partial charge in [-0.3, -0.25) is 9.69 Å². The highest BCUT2D eigenvalue weighted by Crippen LogP contribution is 2.35. The summed E-state index contributed by atoms with van der Waals surface area (Å²) in [4.78, 5) is 16.4. The van der Waals surface area contributed by atoms with Gasteiger partial charge in [0, 0.05) is 25.5 Å². The molecule has 0 radical (unpaired) electrons. The van der Waals surface area contributed by atoms with Crippen LogP contribution in [0.15, 0.2) is 59.8 Å². The maximum atomic E-state index is 13.9. The lowest BCUT2D eigenvalue weighted by atomic mass is 9.93. The van der Waals surface area contributed by atoms with E-state index in [9.17, 15) is 9.18 Å². The number of amides is 1. The topological polar surface area (TPSA) is 44.8 Å². The number of benzene rings is 2. The van der Waals surface area contributed by atoms with Crippen LogP contribution in [0.25, 0.3) is 0 Å². The van der Waals surface area contributed by atoms with Crippen LogP contribution in [0.4, 0.5) is 10.1 Å². The lowest BCUT2D eigenvalue weighted by Crippen LogP contribution is -2.49. The minimum atomic E-state index is -0.535. The van der Waals surface area contributed by atoms with Crippen LogP contribution in [0.1, 0.15) is 25.5 Å².